The van der Waals surface area contributed by atoms with Crippen LogP contribution < -0.4 is 11.2 Å². The molecule has 3 aromatic heterocycles. The highest BCUT2D eigenvalue weighted by molar-refractivity contribution is 7.85. The summed E-state index contributed by atoms with van der Waals surface area (Å²) in [5, 5.41) is 1.34. The van der Waals surface area contributed by atoms with Gasteiger partial charge in [0.05, 0.1) is 12.6 Å². The smallest absolute Gasteiger partial charge is 0.332 e. The van der Waals surface area contributed by atoms with Gasteiger partial charge >= 0.3 is 5.69 Å². The number of H-pyrrole nitrogens is 1. The maximum Gasteiger partial charge on any atom is 0.332 e. The number of nitrogens with zero attached hydrogens (tertiary/aromatic N) is 5. The van der Waals surface area contributed by atoms with Crippen molar-refractivity contribution in [2.24, 2.45) is 14.1 Å². The zero-order valence-electron chi connectivity index (χ0n) is 20.0. The van der Waals surface area contributed by atoms with Gasteiger partial charge in [-0.05, 0) is 43.5 Å². The molecular weight excluding hydrogens is 472 g/mol. The van der Waals surface area contributed by atoms with Gasteiger partial charge in [-0.2, -0.15) is 8.42 Å². The normalized spacial score (nSPS) is 15.4. The van der Waals surface area contributed by atoms with Crippen LogP contribution in [0.5, 0.6) is 0 Å². The molecule has 0 radical (unpaired) electrons. The molecular formula is C23H30N6O5S. The van der Waals surface area contributed by atoms with Crippen molar-refractivity contribution in [2.75, 3.05) is 25.9 Å². The van der Waals surface area contributed by atoms with Crippen molar-refractivity contribution < 1.29 is 13.0 Å². The van der Waals surface area contributed by atoms with Gasteiger partial charge in [0.2, 0.25) is 0 Å². The average Bonchev–Trinajstić information content (AvgIpc) is 3.44. The van der Waals surface area contributed by atoms with E-state index in [4.69, 9.17) is 4.55 Å². The first kappa shape index (κ1) is 24.9. The summed E-state index contributed by atoms with van der Waals surface area (Å²) >= 11 is 0. The third-order valence-electron chi connectivity index (χ3n) is 6.52. The number of nitrogens with one attached hydrogen (secondary N) is 1. The summed E-state index contributed by atoms with van der Waals surface area (Å²) in [6, 6.07) is 8.50. The van der Waals surface area contributed by atoms with Crippen LogP contribution in [0, 0.1) is 0 Å². The van der Waals surface area contributed by atoms with Crippen molar-refractivity contribution in [3.05, 3.63) is 63.2 Å². The number of aryl methyl sites for hydroxylation is 1. The molecule has 1 fully saturated rings. The van der Waals surface area contributed by atoms with Crippen LogP contribution in [0.2, 0.25) is 0 Å². The monoisotopic (exact) mass is 502 g/mol. The number of fused-ring (bicyclic) bond motifs is 2. The molecule has 1 saturated heterocycles. The van der Waals surface area contributed by atoms with Crippen molar-refractivity contribution >= 4 is 32.2 Å². The highest BCUT2D eigenvalue weighted by Crippen LogP contribution is 2.33. The van der Waals surface area contributed by atoms with Crippen molar-refractivity contribution in [1.29, 1.82) is 0 Å². The molecule has 0 amide bonds. The molecule has 35 heavy (non-hydrogen) atoms. The number of hydrogen-bond acceptors (Lipinski definition) is 6. The third kappa shape index (κ3) is 5.39. The summed E-state index contributed by atoms with van der Waals surface area (Å²) in [5.41, 5.74) is 2.93. The fourth-order valence-electron chi connectivity index (χ4n) is 4.71. The highest BCUT2D eigenvalue weighted by Gasteiger charge is 2.23. The first-order valence-corrected chi connectivity index (χ1v) is 13.2. The van der Waals surface area contributed by atoms with E-state index in [1.54, 1.807) is 13.4 Å². The first-order chi connectivity index (χ1) is 16.5. The zero-order chi connectivity index (χ0) is 25.3. The standard InChI is InChI=1S/C22H26N6O2.CH4O3S/c1-25-20-19(21(29)26(2)22(25)30)28(14-24-20)12-11-27-9-7-15(8-10-27)17-13-23-18-6-4-3-5-16(17)18;1-5(2,3)4/h3-6,13-15,23H,7-12H2,1-2H3;1H3,(H,2,3,4). The first-order valence-electron chi connectivity index (χ1n) is 11.4. The van der Waals surface area contributed by atoms with Crippen LogP contribution in [-0.4, -0.2) is 67.4 Å². The molecule has 1 aromatic carbocycles. The van der Waals surface area contributed by atoms with Gasteiger partial charge in [-0.3, -0.25) is 18.5 Å². The Kier molecular flexibility index (Phi) is 6.97. The largest absolute Gasteiger partial charge is 0.361 e. The summed E-state index contributed by atoms with van der Waals surface area (Å²) in [6.07, 6.45) is 6.81. The number of hydrogen-bond donors (Lipinski definition) is 2. The molecule has 12 heteroatoms. The molecule has 0 saturated carbocycles. The van der Waals surface area contributed by atoms with Crippen molar-refractivity contribution in [1.82, 2.24) is 28.6 Å². The van der Waals surface area contributed by atoms with Gasteiger partial charge in [0.25, 0.3) is 15.7 Å². The van der Waals surface area contributed by atoms with E-state index in [9.17, 15) is 18.0 Å². The molecule has 1 aliphatic heterocycles. The lowest BCUT2D eigenvalue weighted by Gasteiger charge is -2.32. The molecule has 11 nitrogen and oxygen atoms in total. The van der Waals surface area contributed by atoms with Crippen molar-refractivity contribution in [2.45, 2.75) is 25.3 Å². The number of rotatable bonds is 4. The lowest BCUT2D eigenvalue weighted by molar-refractivity contribution is 0.206. The number of aromatic nitrogens is 5. The molecule has 0 atom stereocenters. The Hall–Kier alpha value is -3.22. The number of aromatic amines is 1. The summed E-state index contributed by atoms with van der Waals surface area (Å²) in [6.45, 7) is 3.61. The minimum absolute atomic E-state index is 0.288. The van der Waals surface area contributed by atoms with Crippen LogP contribution in [0.3, 0.4) is 0 Å². The van der Waals surface area contributed by atoms with E-state index in [0.717, 1.165) is 37.0 Å². The van der Waals surface area contributed by atoms with Gasteiger partial charge in [-0.1, -0.05) is 18.2 Å². The number of piperidine rings is 1. The Bertz CT molecular complexity index is 1560. The lowest BCUT2D eigenvalue weighted by Crippen LogP contribution is -2.38. The molecule has 5 rings (SSSR count). The Balaban J connectivity index is 0.000000527. The fourth-order valence-corrected chi connectivity index (χ4v) is 4.71. The van der Waals surface area contributed by atoms with Crippen molar-refractivity contribution in [3.63, 3.8) is 0 Å². The summed E-state index contributed by atoms with van der Waals surface area (Å²) in [7, 11) is -0.506. The van der Waals surface area contributed by atoms with E-state index in [1.165, 1.54) is 28.1 Å². The van der Waals surface area contributed by atoms with Gasteiger partial charge < -0.3 is 14.5 Å². The summed E-state index contributed by atoms with van der Waals surface area (Å²) in [5.74, 6) is 0.577. The quantitative estimate of drug-likeness (QED) is 0.402. The Morgan fingerprint density at radius 3 is 2.43 bits per heavy atom. The SMILES string of the molecule is CS(=O)(=O)O.Cn1c(=O)c2c(ncn2CCN2CCC(c3c[nH]c4ccccc34)CC2)n(C)c1=O. The van der Waals surface area contributed by atoms with E-state index in [-0.39, 0.29) is 11.2 Å². The van der Waals surface area contributed by atoms with Crippen LogP contribution in [-0.2, 0) is 30.8 Å². The Labute approximate surface area is 202 Å². The molecule has 0 bridgehead atoms. The highest BCUT2D eigenvalue weighted by atomic mass is 32.2. The number of para-hydroxylation sites is 1. The van der Waals surface area contributed by atoms with Gasteiger partial charge in [0, 0.05) is 44.3 Å². The summed E-state index contributed by atoms with van der Waals surface area (Å²) < 4.78 is 30.3. The van der Waals surface area contributed by atoms with Gasteiger partial charge in [-0.15, -0.1) is 0 Å². The second-order valence-corrected chi connectivity index (χ2v) is 10.4. The van der Waals surface area contributed by atoms with Crippen LogP contribution in [0.4, 0.5) is 0 Å². The number of imidazole rings is 1. The van der Waals surface area contributed by atoms with E-state index >= 15 is 0 Å². The predicted octanol–water partition coefficient (Wildman–Crippen LogP) is 1.30. The fraction of sp³-hybridized carbons (Fsp3) is 0.435. The topological polar surface area (TPSA) is 135 Å². The Morgan fingerprint density at radius 2 is 1.74 bits per heavy atom. The van der Waals surface area contributed by atoms with E-state index in [1.807, 2.05) is 4.57 Å². The molecule has 2 N–H and O–H groups in total. The maximum absolute atomic E-state index is 12.6. The minimum atomic E-state index is -3.67. The second-order valence-electron chi connectivity index (χ2n) is 8.95. The number of likely N-dealkylation sites (tertiary alicyclic amines) is 1. The maximum atomic E-state index is 12.6. The second kappa shape index (κ2) is 9.80. The van der Waals surface area contributed by atoms with Crippen LogP contribution in [0.1, 0.15) is 24.3 Å². The molecule has 0 aliphatic carbocycles. The van der Waals surface area contributed by atoms with Gasteiger partial charge in [-0.25, -0.2) is 9.78 Å². The van der Waals surface area contributed by atoms with Gasteiger partial charge in [0.15, 0.2) is 11.2 Å². The Morgan fingerprint density at radius 1 is 1.09 bits per heavy atom. The lowest BCUT2D eigenvalue weighted by atomic mass is 9.89. The zero-order valence-corrected chi connectivity index (χ0v) is 20.8. The molecule has 0 spiro atoms. The van der Waals surface area contributed by atoms with Crippen LogP contribution in [0.25, 0.3) is 22.1 Å². The van der Waals surface area contributed by atoms with Crippen LogP contribution in [0.15, 0.2) is 46.4 Å². The molecule has 4 aromatic rings. The molecule has 1 aliphatic rings. The number of benzene rings is 1. The van der Waals surface area contributed by atoms with Crippen molar-refractivity contribution in [3.8, 4) is 0 Å². The van der Waals surface area contributed by atoms with E-state index in [2.05, 4.69) is 45.3 Å². The summed E-state index contributed by atoms with van der Waals surface area (Å²) in [4.78, 5) is 34.8. The van der Waals surface area contributed by atoms with Gasteiger partial charge in [0.1, 0.15) is 0 Å². The molecule has 0 unspecified atom stereocenters. The van der Waals surface area contributed by atoms with E-state index < -0.39 is 10.1 Å². The molecule has 188 valence electrons. The van der Waals surface area contributed by atoms with Crippen LogP contribution >= 0.6 is 0 Å². The minimum Gasteiger partial charge on any atom is -0.361 e. The third-order valence-corrected chi connectivity index (χ3v) is 6.52. The average molecular weight is 503 g/mol. The molecule has 4 heterocycles. The predicted molar refractivity (Wildman–Crippen MR) is 134 cm³/mol. The van der Waals surface area contributed by atoms with E-state index in [0.29, 0.717) is 29.9 Å².